The van der Waals surface area contributed by atoms with Crippen LogP contribution < -0.4 is 11.1 Å². The Labute approximate surface area is 98.2 Å². The first-order chi connectivity index (χ1) is 8.11. The van der Waals surface area contributed by atoms with Crippen molar-refractivity contribution in [3.8, 4) is 0 Å². The van der Waals surface area contributed by atoms with Gasteiger partial charge in [0, 0.05) is 25.9 Å². The van der Waals surface area contributed by atoms with Crippen molar-refractivity contribution in [1.82, 2.24) is 19.6 Å². The highest BCUT2D eigenvalue weighted by Gasteiger charge is 2.16. The van der Waals surface area contributed by atoms with Crippen molar-refractivity contribution in [2.24, 2.45) is 7.05 Å². The third-order valence-corrected chi connectivity index (χ3v) is 2.34. The summed E-state index contributed by atoms with van der Waals surface area (Å²) in [5.74, 6) is 0.182. The minimum Gasteiger partial charge on any atom is -0.396 e. The molecule has 0 saturated carbocycles. The van der Waals surface area contributed by atoms with Crippen LogP contribution in [-0.4, -0.2) is 25.5 Å². The summed E-state index contributed by atoms with van der Waals surface area (Å²) in [7, 11) is 1.78. The third kappa shape index (κ3) is 2.12. The minimum atomic E-state index is -0.305. The molecule has 0 atom stereocenters. The zero-order chi connectivity index (χ0) is 12.4. The first-order valence-corrected chi connectivity index (χ1v) is 5.24. The lowest BCUT2D eigenvalue weighted by atomic mass is 10.3. The average Bonchev–Trinajstić information content (AvgIpc) is 2.84. The third-order valence-electron chi connectivity index (χ3n) is 2.34. The summed E-state index contributed by atoms with van der Waals surface area (Å²) in [5, 5.41) is 10.7. The van der Waals surface area contributed by atoms with Gasteiger partial charge < -0.3 is 11.1 Å². The zero-order valence-corrected chi connectivity index (χ0v) is 9.71. The van der Waals surface area contributed by atoms with Crippen LogP contribution in [0.2, 0.25) is 0 Å². The molecular weight excluding hydrogens is 220 g/mol. The summed E-state index contributed by atoms with van der Waals surface area (Å²) < 4.78 is 3.16. The molecule has 0 saturated heterocycles. The Kier molecular flexibility index (Phi) is 2.82. The number of nitrogens with two attached hydrogens (primary N) is 1. The van der Waals surface area contributed by atoms with Crippen molar-refractivity contribution in [1.29, 1.82) is 0 Å². The molecule has 0 radical (unpaired) electrons. The van der Waals surface area contributed by atoms with E-state index in [1.165, 1.54) is 6.20 Å². The molecule has 2 aromatic rings. The van der Waals surface area contributed by atoms with E-state index in [2.05, 4.69) is 15.5 Å². The molecule has 90 valence electrons. The van der Waals surface area contributed by atoms with Crippen molar-refractivity contribution in [3.63, 3.8) is 0 Å². The molecular formula is C10H14N6O. The lowest BCUT2D eigenvalue weighted by Gasteiger charge is -2.05. The molecule has 0 aliphatic rings. The number of nitrogen functional groups attached to an aromatic ring is 1. The van der Waals surface area contributed by atoms with E-state index in [1.54, 1.807) is 28.7 Å². The number of aromatic nitrogens is 4. The molecule has 0 aliphatic heterocycles. The predicted molar refractivity (Wildman–Crippen MR) is 63.5 cm³/mol. The first-order valence-electron chi connectivity index (χ1n) is 5.24. The van der Waals surface area contributed by atoms with Crippen LogP contribution in [0.25, 0.3) is 0 Å². The Morgan fingerprint density at radius 3 is 2.94 bits per heavy atom. The number of hydrogen-bond donors (Lipinski definition) is 2. The Bertz CT molecular complexity index is 541. The SMILES string of the molecule is CCn1ncc(N)c1C(=O)Nc1ccn(C)n1. The fraction of sp³-hybridized carbons (Fsp3) is 0.300. The van der Waals surface area contributed by atoms with Gasteiger partial charge >= 0.3 is 0 Å². The molecule has 17 heavy (non-hydrogen) atoms. The molecule has 0 fully saturated rings. The van der Waals surface area contributed by atoms with Gasteiger partial charge in [-0.15, -0.1) is 0 Å². The molecule has 0 aliphatic carbocycles. The topological polar surface area (TPSA) is 90.8 Å². The Balaban J connectivity index is 2.22. The van der Waals surface area contributed by atoms with Crippen molar-refractivity contribution in [2.75, 3.05) is 11.1 Å². The van der Waals surface area contributed by atoms with E-state index >= 15 is 0 Å². The second-order valence-corrected chi connectivity index (χ2v) is 3.59. The normalized spacial score (nSPS) is 10.5. The van der Waals surface area contributed by atoms with E-state index in [9.17, 15) is 4.79 Å². The van der Waals surface area contributed by atoms with Gasteiger partial charge in [0.1, 0.15) is 5.69 Å². The van der Waals surface area contributed by atoms with Gasteiger partial charge in [-0.25, -0.2) is 0 Å². The van der Waals surface area contributed by atoms with E-state index in [4.69, 9.17) is 5.73 Å². The van der Waals surface area contributed by atoms with Crippen LogP contribution in [0, 0.1) is 0 Å². The van der Waals surface area contributed by atoms with E-state index in [-0.39, 0.29) is 5.91 Å². The number of hydrogen-bond acceptors (Lipinski definition) is 4. The number of rotatable bonds is 3. The summed E-state index contributed by atoms with van der Waals surface area (Å²) in [6.07, 6.45) is 3.22. The van der Waals surface area contributed by atoms with Gasteiger partial charge in [0.25, 0.3) is 5.91 Å². The maximum atomic E-state index is 12.0. The molecule has 3 N–H and O–H groups in total. The van der Waals surface area contributed by atoms with Crippen LogP contribution in [-0.2, 0) is 13.6 Å². The predicted octanol–water partition coefficient (Wildman–Crippen LogP) is 0.471. The highest BCUT2D eigenvalue weighted by Crippen LogP contribution is 2.13. The number of amides is 1. The van der Waals surface area contributed by atoms with Gasteiger partial charge in [0.05, 0.1) is 11.9 Å². The van der Waals surface area contributed by atoms with Crippen molar-refractivity contribution in [2.45, 2.75) is 13.5 Å². The van der Waals surface area contributed by atoms with Crippen LogP contribution in [0.3, 0.4) is 0 Å². The first kappa shape index (κ1) is 11.2. The zero-order valence-electron chi connectivity index (χ0n) is 9.71. The van der Waals surface area contributed by atoms with Crippen LogP contribution in [0.5, 0.6) is 0 Å². The lowest BCUT2D eigenvalue weighted by Crippen LogP contribution is -2.19. The minimum absolute atomic E-state index is 0.305. The van der Waals surface area contributed by atoms with Crippen molar-refractivity contribution < 1.29 is 4.79 Å². The highest BCUT2D eigenvalue weighted by molar-refractivity contribution is 6.05. The fourth-order valence-corrected chi connectivity index (χ4v) is 1.55. The van der Waals surface area contributed by atoms with Gasteiger partial charge in [0.15, 0.2) is 5.82 Å². The fourth-order valence-electron chi connectivity index (χ4n) is 1.55. The summed E-state index contributed by atoms with van der Waals surface area (Å²) in [6.45, 7) is 2.48. The summed E-state index contributed by atoms with van der Waals surface area (Å²) in [6, 6.07) is 1.71. The largest absolute Gasteiger partial charge is 0.396 e. The van der Waals surface area contributed by atoms with Gasteiger partial charge in [-0.05, 0) is 6.92 Å². The maximum Gasteiger partial charge on any atom is 0.277 e. The van der Waals surface area contributed by atoms with E-state index in [0.29, 0.717) is 23.7 Å². The smallest absolute Gasteiger partial charge is 0.277 e. The molecule has 7 heteroatoms. The molecule has 2 heterocycles. The number of carbonyl (C=O) groups excluding carboxylic acids is 1. The summed E-state index contributed by atoms with van der Waals surface area (Å²) >= 11 is 0. The monoisotopic (exact) mass is 234 g/mol. The van der Waals surface area contributed by atoms with E-state index in [0.717, 1.165) is 0 Å². The maximum absolute atomic E-state index is 12.0. The van der Waals surface area contributed by atoms with Crippen molar-refractivity contribution in [3.05, 3.63) is 24.2 Å². The molecule has 0 unspecified atom stereocenters. The van der Waals surface area contributed by atoms with E-state index < -0.39 is 0 Å². The molecule has 1 amide bonds. The molecule has 0 spiro atoms. The van der Waals surface area contributed by atoms with Crippen molar-refractivity contribution >= 4 is 17.4 Å². The quantitative estimate of drug-likeness (QED) is 0.807. The van der Waals surface area contributed by atoms with Gasteiger partial charge in [-0.2, -0.15) is 10.2 Å². The summed E-state index contributed by atoms with van der Waals surface area (Å²) in [4.78, 5) is 12.0. The number of carbonyl (C=O) groups is 1. The second-order valence-electron chi connectivity index (χ2n) is 3.59. The van der Waals surface area contributed by atoms with E-state index in [1.807, 2.05) is 6.92 Å². The molecule has 7 nitrogen and oxygen atoms in total. The number of anilines is 2. The Morgan fingerprint density at radius 2 is 2.35 bits per heavy atom. The van der Waals surface area contributed by atoms with Crippen LogP contribution in [0.15, 0.2) is 18.5 Å². The molecule has 0 aromatic carbocycles. The van der Waals surface area contributed by atoms with Crippen LogP contribution >= 0.6 is 0 Å². The second kappa shape index (κ2) is 4.28. The van der Waals surface area contributed by atoms with Crippen LogP contribution in [0.1, 0.15) is 17.4 Å². The van der Waals surface area contributed by atoms with Gasteiger partial charge in [-0.3, -0.25) is 14.2 Å². The van der Waals surface area contributed by atoms with Crippen LogP contribution in [0.4, 0.5) is 11.5 Å². The summed E-state index contributed by atoms with van der Waals surface area (Å²) in [5.41, 5.74) is 6.43. The number of nitrogens with zero attached hydrogens (tertiary/aromatic N) is 4. The number of aryl methyl sites for hydroxylation is 2. The molecule has 2 rings (SSSR count). The standard InChI is InChI=1S/C10H14N6O/c1-3-16-9(7(11)6-12-16)10(17)13-8-4-5-15(2)14-8/h4-6H,3,11H2,1-2H3,(H,13,14,17). The Morgan fingerprint density at radius 1 is 1.59 bits per heavy atom. The average molecular weight is 234 g/mol. The highest BCUT2D eigenvalue weighted by atomic mass is 16.2. The number of nitrogens with one attached hydrogen (secondary N) is 1. The lowest BCUT2D eigenvalue weighted by molar-refractivity contribution is 0.101. The molecule has 0 bridgehead atoms. The Hall–Kier alpha value is -2.31. The van der Waals surface area contributed by atoms with Gasteiger partial charge in [-0.1, -0.05) is 0 Å². The molecule has 2 aromatic heterocycles. The van der Waals surface area contributed by atoms with Gasteiger partial charge in [0.2, 0.25) is 0 Å².